The van der Waals surface area contributed by atoms with Crippen LogP contribution in [0, 0.1) is 0 Å². The summed E-state index contributed by atoms with van der Waals surface area (Å²) in [6, 6.07) is 4.26. The third-order valence-corrected chi connectivity index (χ3v) is 5.14. The standard InChI is InChI=1S/C12H19ClN2O3S/c1-3-12(4-2,8-16)15-19(17,18)11-7-9(13)5-6-10(11)14/h5-7,15-16H,3-4,8,14H2,1-2H3. The van der Waals surface area contributed by atoms with E-state index in [2.05, 4.69) is 4.72 Å². The molecule has 0 saturated carbocycles. The van der Waals surface area contributed by atoms with Crippen molar-refractivity contribution in [2.24, 2.45) is 0 Å². The van der Waals surface area contributed by atoms with Crippen LogP contribution in [0.1, 0.15) is 26.7 Å². The summed E-state index contributed by atoms with van der Waals surface area (Å²) in [5, 5.41) is 9.72. The monoisotopic (exact) mass is 306 g/mol. The molecule has 0 radical (unpaired) electrons. The van der Waals surface area contributed by atoms with E-state index in [0.29, 0.717) is 12.8 Å². The molecule has 1 aromatic rings. The van der Waals surface area contributed by atoms with Crippen LogP contribution in [0.2, 0.25) is 5.02 Å². The molecule has 0 aliphatic heterocycles. The largest absolute Gasteiger partial charge is 0.398 e. The summed E-state index contributed by atoms with van der Waals surface area (Å²) in [6.07, 6.45) is 0.944. The smallest absolute Gasteiger partial charge is 0.243 e. The first-order chi connectivity index (χ1) is 8.80. The van der Waals surface area contributed by atoms with E-state index in [0.717, 1.165) is 0 Å². The number of rotatable bonds is 6. The number of anilines is 1. The van der Waals surface area contributed by atoms with E-state index in [1.807, 2.05) is 13.8 Å². The lowest BCUT2D eigenvalue weighted by Crippen LogP contribution is -2.50. The van der Waals surface area contributed by atoms with Gasteiger partial charge < -0.3 is 10.8 Å². The molecular weight excluding hydrogens is 288 g/mol. The minimum atomic E-state index is -3.83. The Hall–Kier alpha value is -0.820. The third kappa shape index (κ3) is 3.60. The maximum absolute atomic E-state index is 12.3. The van der Waals surface area contributed by atoms with Gasteiger partial charge in [-0.1, -0.05) is 25.4 Å². The Balaban J connectivity index is 3.21. The lowest BCUT2D eigenvalue weighted by atomic mass is 9.96. The fourth-order valence-corrected chi connectivity index (χ4v) is 3.66. The Bertz CT molecular complexity index is 534. The minimum Gasteiger partial charge on any atom is -0.398 e. The molecule has 0 saturated heterocycles. The van der Waals surface area contributed by atoms with E-state index in [4.69, 9.17) is 17.3 Å². The molecule has 108 valence electrons. The van der Waals surface area contributed by atoms with Crippen molar-refractivity contribution in [2.45, 2.75) is 37.1 Å². The summed E-state index contributed by atoms with van der Waals surface area (Å²) >= 11 is 5.80. The Morgan fingerprint density at radius 2 is 1.95 bits per heavy atom. The van der Waals surface area contributed by atoms with Crippen molar-refractivity contribution in [1.82, 2.24) is 4.72 Å². The van der Waals surface area contributed by atoms with Gasteiger partial charge in [-0.15, -0.1) is 0 Å². The lowest BCUT2D eigenvalue weighted by Gasteiger charge is -2.30. The van der Waals surface area contributed by atoms with Gasteiger partial charge in [-0.05, 0) is 31.0 Å². The van der Waals surface area contributed by atoms with Gasteiger partial charge in [0.25, 0.3) is 0 Å². The number of aliphatic hydroxyl groups is 1. The van der Waals surface area contributed by atoms with Crippen LogP contribution in [-0.4, -0.2) is 25.7 Å². The van der Waals surface area contributed by atoms with E-state index in [1.54, 1.807) is 0 Å². The molecule has 4 N–H and O–H groups in total. The predicted molar refractivity (Wildman–Crippen MR) is 76.6 cm³/mol. The molecule has 0 aliphatic rings. The summed E-state index contributed by atoms with van der Waals surface area (Å²) in [5.74, 6) is 0. The maximum atomic E-state index is 12.3. The van der Waals surface area contributed by atoms with Gasteiger partial charge >= 0.3 is 0 Å². The van der Waals surface area contributed by atoms with Gasteiger partial charge in [0, 0.05) is 5.02 Å². The minimum absolute atomic E-state index is 0.0697. The van der Waals surface area contributed by atoms with Gasteiger partial charge in [0.2, 0.25) is 10.0 Å². The van der Waals surface area contributed by atoms with Gasteiger partial charge in [-0.2, -0.15) is 0 Å². The second kappa shape index (κ2) is 6.09. The lowest BCUT2D eigenvalue weighted by molar-refractivity contribution is 0.172. The molecule has 0 bridgehead atoms. The summed E-state index contributed by atoms with van der Waals surface area (Å²) in [7, 11) is -3.83. The zero-order valence-electron chi connectivity index (χ0n) is 11.0. The summed E-state index contributed by atoms with van der Waals surface area (Å²) in [4.78, 5) is -0.0697. The highest BCUT2D eigenvalue weighted by molar-refractivity contribution is 7.89. The highest BCUT2D eigenvalue weighted by atomic mass is 35.5. The first kappa shape index (κ1) is 16.2. The van der Waals surface area contributed by atoms with Gasteiger partial charge in [-0.25, -0.2) is 13.1 Å². The van der Waals surface area contributed by atoms with Crippen LogP contribution in [0.5, 0.6) is 0 Å². The molecule has 0 aliphatic carbocycles. The number of benzene rings is 1. The van der Waals surface area contributed by atoms with Gasteiger partial charge in [0.1, 0.15) is 4.90 Å². The van der Waals surface area contributed by atoms with Crippen molar-refractivity contribution in [2.75, 3.05) is 12.3 Å². The van der Waals surface area contributed by atoms with E-state index in [-0.39, 0.29) is 22.2 Å². The van der Waals surface area contributed by atoms with E-state index in [9.17, 15) is 13.5 Å². The van der Waals surface area contributed by atoms with Crippen molar-refractivity contribution in [1.29, 1.82) is 0 Å². The predicted octanol–water partition coefficient (Wildman–Crippen LogP) is 1.75. The van der Waals surface area contributed by atoms with Crippen molar-refractivity contribution in [3.05, 3.63) is 23.2 Å². The van der Waals surface area contributed by atoms with Crippen molar-refractivity contribution in [3.8, 4) is 0 Å². The quantitative estimate of drug-likeness (QED) is 0.698. The molecule has 0 aromatic heterocycles. The Morgan fingerprint density at radius 1 is 1.37 bits per heavy atom. The van der Waals surface area contributed by atoms with Crippen molar-refractivity contribution in [3.63, 3.8) is 0 Å². The molecule has 5 nitrogen and oxygen atoms in total. The van der Waals surface area contributed by atoms with Crippen LogP contribution in [0.15, 0.2) is 23.1 Å². The average Bonchev–Trinajstić information content (AvgIpc) is 2.39. The van der Waals surface area contributed by atoms with E-state index in [1.165, 1.54) is 18.2 Å². The molecule has 7 heteroatoms. The van der Waals surface area contributed by atoms with Crippen molar-refractivity contribution < 1.29 is 13.5 Å². The van der Waals surface area contributed by atoms with Crippen LogP contribution in [0.25, 0.3) is 0 Å². The molecule has 1 aromatic carbocycles. The Labute approximate surface area is 118 Å². The van der Waals surface area contributed by atoms with Gasteiger partial charge in [0.05, 0.1) is 17.8 Å². The van der Waals surface area contributed by atoms with Crippen molar-refractivity contribution >= 4 is 27.3 Å². The third-order valence-electron chi connectivity index (χ3n) is 3.27. The number of nitrogens with one attached hydrogen (secondary N) is 1. The molecule has 0 heterocycles. The van der Waals surface area contributed by atoms with E-state index < -0.39 is 15.6 Å². The second-order valence-electron chi connectivity index (χ2n) is 4.43. The second-order valence-corrected chi connectivity index (χ2v) is 6.52. The number of aliphatic hydroxyl groups excluding tert-OH is 1. The fraction of sp³-hybridized carbons (Fsp3) is 0.500. The Kier molecular flexibility index (Phi) is 5.20. The molecule has 0 spiro atoms. The highest BCUT2D eigenvalue weighted by Gasteiger charge is 2.32. The zero-order valence-corrected chi connectivity index (χ0v) is 12.6. The van der Waals surface area contributed by atoms with Crippen LogP contribution < -0.4 is 10.5 Å². The first-order valence-electron chi connectivity index (χ1n) is 6.00. The SMILES string of the molecule is CCC(CC)(CO)NS(=O)(=O)c1cc(Cl)ccc1N. The molecule has 0 unspecified atom stereocenters. The fourth-order valence-electron chi connectivity index (χ4n) is 1.73. The average molecular weight is 307 g/mol. The summed E-state index contributed by atoms with van der Waals surface area (Å²) in [5.41, 5.74) is 4.92. The maximum Gasteiger partial charge on any atom is 0.243 e. The van der Waals surface area contributed by atoms with Gasteiger partial charge in [0.15, 0.2) is 0 Å². The first-order valence-corrected chi connectivity index (χ1v) is 7.86. The van der Waals surface area contributed by atoms with Gasteiger partial charge in [-0.3, -0.25) is 0 Å². The Morgan fingerprint density at radius 3 is 2.42 bits per heavy atom. The zero-order chi connectivity index (χ0) is 14.7. The van der Waals surface area contributed by atoms with Crippen LogP contribution >= 0.6 is 11.6 Å². The number of hydrogen-bond acceptors (Lipinski definition) is 4. The van der Waals surface area contributed by atoms with E-state index >= 15 is 0 Å². The van der Waals surface area contributed by atoms with Crippen LogP contribution in [0.4, 0.5) is 5.69 Å². The normalized spacial score (nSPS) is 12.6. The molecule has 0 fully saturated rings. The number of sulfonamides is 1. The number of nitrogens with two attached hydrogens (primary N) is 1. The molecule has 0 atom stereocenters. The topological polar surface area (TPSA) is 92.4 Å². The highest BCUT2D eigenvalue weighted by Crippen LogP contribution is 2.25. The number of nitrogen functional groups attached to an aromatic ring is 1. The number of hydrogen-bond donors (Lipinski definition) is 3. The summed E-state index contributed by atoms with van der Waals surface area (Å²) < 4.78 is 27.2. The molecule has 19 heavy (non-hydrogen) atoms. The molecular formula is C12H19ClN2O3S. The van der Waals surface area contributed by atoms with Crippen LogP contribution in [0.3, 0.4) is 0 Å². The number of halogens is 1. The van der Waals surface area contributed by atoms with Crippen LogP contribution in [-0.2, 0) is 10.0 Å². The molecule has 1 rings (SSSR count). The molecule has 0 amide bonds. The summed E-state index contributed by atoms with van der Waals surface area (Å²) in [6.45, 7) is 3.34.